The lowest BCUT2D eigenvalue weighted by molar-refractivity contribution is 0.714. The zero-order valence-corrected chi connectivity index (χ0v) is 11.3. The van der Waals surface area contributed by atoms with E-state index in [0.29, 0.717) is 0 Å². The van der Waals surface area contributed by atoms with Crippen molar-refractivity contribution >= 4 is 5.69 Å². The highest BCUT2D eigenvalue weighted by Gasteiger charge is 2.09. The number of H-pyrrole nitrogens is 1. The number of nitrogens with zero attached hydrogens (tertiary/aromatic N) is 5. The van der Waals surface area contributed by atoms with Crippen LogP contribution in [0.1, 0.15) is 18.7 Å². The summed E-state index contributed by atoms with van der Waals surface area (Å²) in [5.74, 6) is 0.739. The largest absolute Gasteiger partial charge is 0.377 e. The Kier molecular flexibility index (Phi) is 3.16. The number of anilines is 1. The molecule has 0 aliphatic carbocycles. The molecular weight excluding hydrogens is 254 g/mol. The van der Waals surface area contributed by atoms with E-state index in [-0.39, 0.29) is 6.04 Å². The smallest absolute Gasteiger partial charge is 0.181 e. The Morgan fingerprint density at radius 3 is 2.90 bits per heavy atom. The predicted molar refractivity (Wildman–Crippen MR) is 74.9 cm³/mol. The van der Waals surface area contributed by atoms with Gasteiger partial charge < -0.3 is 5.32 Å². The van der Waals surface area contributed by atoms with Crippen LogP contribution in [0.15, 0.2) is 36.5 Å². The summed E-state index contributed by atoms with van der Waals surface area (Å²) in [6.07, 6.45) is 1.75. The zero-order valence-electron chi connectivity index (χ0n) is 11.3. The zero-order chi connectivity index (χ0) is 13.9. The first-order chi connectivity index (χ1) is 9.74. The summed E-state index contributed by atoms with van der Waals surface area (Å²) in [6.45, 7) is 2.07. The average Bonchev–Trinajstić information content (AvgIpc) is 3.10. The van der Waals surface area contributed by atoms with Crippen LogP contribution in [-0.2, 0) is 7.05 Å². The molecule has 0 radical (unpaired) electrons. The van der Waals surface area contributed by atoms with Gasteiger partial charge in [-0.15, -0.1) is 5.10 Å². The number of aromatic nitrogens is 6. The molecule has 2 heterocycles. The lowest BCUT2D eigenvalue weighted by Crippen LogP contribution is -2.07. The van der Waals surface area contributed by atoms with E-state index in [9.17, 15) is 0 Å². The fourth-order valence-corrected chi connectivity index (χ4v) is 2.06. The number of aryl methyl sites for hydroxylation is 1. The van der Waals surface area contributed by atoms with Crippen molar-refractivity contribution in [1.82, 2.24) is 30.4 Å². The molecule has 1 unspecified atom stereocenters. The van der Waals surface area contributed by atoms with E-state index in [0.717, 1.165) is 22.8 Å². The van der Waals surface area contributed by atoms with Crippen LogP contribution in [0.25, 0.3) is 11.4 Å². The number of nitrogens with one attached hydrogen (secondary N) is 2. The van der Waals surface area contributed by atoms with E-state index in [1.807, 2.05) is 37.4 Å². The molecule has 0 spiro atoms. The number of rotatable bonds is 4. The van der Waals surface area contributed by atoms with Crippen molar-refractivity contribution in [1.29, 1.82) is 0 Å². The Balaban J connectivity index is 1.83. The third kappa shape index (κ3) is 2.37. The minimum Gasteiger partial charge on any atom is -0.377 e. The molecule has 7 nitrogen and oxygen atoms in total. The molecule has 0 saturated heterocycles. The molecule has 3 aromatic rings. The molecule has 0 fully saturated rings. The molecule has 102 valence electrons. The van der Waals surface area contributed by atoms with Gasteiger partial charge in [0.15, 0.2) is 5.82 Å². The van der Waals surface area contributed by atoms with Crippen molar-refractivity contribution in [3.63, 3.8) is 0 Å². The van der Waals surface area contributed by atoms with E-state index in [2.05, 4.69) is 38.0 Å². The van der Waals surface area contributed by atoms with E-state index in [1.165, 1.54) is 0 Å². The Morgan fingerprint density at radius 1 is 1.30 bits per heavy atom. The van der Waals surface area contributed by atoms with Gasteiger partial charge in [-0.05, 0) is 35.5 Å². The molecule has 20 heavy (non-hydrogen) atoms. The molecule has 0 bridgehead atoms. The van der Waals surface area contributed by atoms with E-state index in [4.69, 9.17) is 0 Å². The molecule has 0 amide bonds. The van der Waals surface area contributed by atoms with Crippen LogP contribution in [0.4, 0.5) is 5.69 Å². The third-order valence-electron chi connectivity index (χ3n) is 3.11. The highest BCUT2D eigenvalue weighted by Crippen LogP contribution is 2.22. The number of aromatic amines is 1. The quantitative estimate of drug-likeness (QED) is 0.754. The van der Waals surface area contributed by atoms with Crippen molar-refractivity contribution in [2.75, 3.05) is 5.32 Å². The minimum absolute atomic E-state index is 0.144. The second kappa shape index (κ2) is 5.12. The Hall–Kier alpha value is -2.70. The van der Waals surface area contributed by atoms with Crippen molar-refractivity contribution in [2.24, 2.45) is 7.05 Å². The van der Waals surface area contributed by atoms with Gasteiger partial charge in [0.2, 0.25) is 0 Å². The molecule has 1 atom stereocenters. The maximum Gasteiger partial charge on any atom is 0.181 e. The maximum atomic E-state index is 4.01. The van der Waals surface area contributed by atoms with E-state index in [1.54, 1.807) is 10.9 Å². The van der Waals surface area contributed by atoms with Crippen LogP contribution < -0.4 is 5.32 Å². The van der Waals surface area contributed by atoms with E-state index >= 15 is 0 Å². The van der Waals surface area contributed by atoms with Crippen molar-refractivity contribution in [2.45, 2.75) is 13.0 Å². The Morgan fingerprint density at radius 2 is 2.20 bits per heavy atom. The fraction of sp³-hybridized carbons (Fsp3) is 0.231. The fourth-order valence-electron chi connectivity index (χ4n) is 2.06. The minimum atomic E-state index is 0.144. The molecule has 1 aromatic carbocycles. The van der Waals surface area contributed by atoms with Crippen LogP contribution >= 0.6 is 0 Å². The maximum absolute atomic E-state index is 4.01. The summed E-state index contributed by atoms with van der Waals surface area (Å²) in [5.41, 5.74) is 3.02. The second-order valence-corrected chi connectivity index (χ2v) is 4.58. The summed E-state index contributed by atoms with van der Waals surface area (Å²) < 4.78 is 1.65. The van der Waals surface area contributed by atoms with Gasteiger partial charge in [-0.2, -0.15) is 5.10 Å². The first kappa shape index (κ1) is 12.3. The number of tetrazole rings is 1. The van der Waals surface area contributed by atoms with Gasteiger partial charge in [-0.3, -0.25) is 5.10 Å². The van der Waals surface area contributed by atoms with Crippen molar-refractivity contribution in [3.8, 4) is 11.4 Å². The van der Waals surface area contributed by atoms with Crippen LogP contribution in [0.2, 0.25) is 0 Å². The van der Waals surface area contributed by atoms with Gasteiger partial charge in [0.1, 0.15) is 0 Å². The molecule has 0 saturated carbocycles. The second-order valence-electron chi connectivity index (χ2n) is 4.58. The van der Waals surface area contributed by atoms with E-state index < -0.39 is 0 Å². The lowest BCUT2D eigenvalue weighted by atomic mass is 10.1. The van der Waals surface area contributed by atoms with Gasteiger partial charge in [-0.25, -0.2) is 4.68 Å². The highest BCUT2D eigenvalue weighted by molar-refractivity contribution is 5.62. The van der Waals surface area contributed by atoms with Crippen LogP contribution in [0.3, 0.4) is 0 Å². The SMILES string of the molecule is CC(Nc1cccc(-c2nnnn2C)c1)c1ccn[nH]1. The standard InChI is InChI=1S/C13H15N7/c1-9(12-6-7-14-16-12)15-11-5-3-4-10(8-11)13-17-18-19-20(13)2/h3-9,15H,1-2H3,(H,14,16). The molecule has 2 N–H and O–H groups in total. The number of benzene rings is 1. The van der Waals surface area contributed by atoms with Crippen LogP contribution in [0.5, 0.6) is 0 Å². The van der Waals surface area contributed by atoms with Crippen molar-refractivity contribution in [3.05, 3.63) is 42.2 Å². The predicted octanol–water partition coefficient (Wildman–Crippen LogP) is 1.77. The van der Waals surface area contributed by atoms with Crippen LogP contribution in [-0.4, -0.2) is 30.4 Å². The van der Waals surface area contributed by atoms with Gasteiger partial charge in [0, 0.05) is 24.5 Å². The molecule has 3 rings (SSSR count). The summed E-state index contributed by atoms with van der Waals surface area (Å²) in [6, 6.07) is 10.1. The number of hydrogen-bond donors (Lipinski definition) is 2. The number of hydrogen-bond acceptors (Lipinski definition) is 5. The molecule has 2 aromatic heterocycles. The molecule has 0 aliphatic heterocycles. The molecule has 7 heteroatoms. The molecule has 0 aliphatic rings. The lowest BCUT2D eigenvalue weighted by Gasteiger charge is -2.14. The summed E-state index contributed by atoms with van der Waals surface area (Å²) in [4.78, 5) is 0. The van der Waals surface area contributed by atoms with Gasteiger partial charge in [0.05, 0.1) is 11.7 Å². The first-order valence-electron chi connectivity index (χ1n) is 6.32. The third-order valence-corrected chi connectivity index (χ3v) is 3.11. The normalized spacial score (nSPS) is 12.3. The van der Waals surface area contributed by atoms with Crippen molar-refractivity contribution < 1.29 is 0 Å². The van der Waals surface area contributed by atoms with Gasteiger partial charge in [0.25, 0.3) is 0 Å². The summed E-state index contributed by atoms with van der Waals surface area (Å²) >= 11 is 0. The van der Waals surface area contributed by atoms with Gasteiger partial charge >= 0.3 is 0 Å². The molecular formula is C13H15N7. The monoisotopic (exact) mass is 269 g/mol. The summed E-state index contributed by atoms with van der Waals surface area (Å²) in [5, 5.41) is 21.9. The topological polar surface area (TPSA) is 84.3 Å². The highest BCUT2D eigenvalue weighted by atomic mass is 15.5. The average molecular weight is 269 g/mol. The Labute approximate surface area is 116 Å². The summed E-state index contributed by atoms with van der Waals surface area (Å²) in [7, 11) is 1.82. The van der Waals surface area contributed by atoms with Crippen LogP contribution in [0, 0.1) is 0 Å². The van der Waals surface area contributed by atoms with Gasteiger partial charge in [-0.1, -0.05) is 12.1 Å². The Bertz CT molecular complexity index is 686. The first-order valence-corrected chi connectivity index (χ1v) is 6.32.